The average Bonchev–Trinajstić information content (AvgIpc) is 3.03. The van der Waals surface area contributed by atoms with Crippen molar-refractivity contribution in [1.82, 2.24) is 5.06 Å². The fourth-order valence-electron chi connectivity index (χ4n) is 2.91. The third-order valence-electron chi connectivity index (χ3n) is 4.05. The smallest absolute Gasteiger partial charge is 0.233 e. The zero-order chi connectivity index (χ0) is 16.1. The summed E-state index contributed by atoms with van der Waals surface area (Å²) < 4.78 is 5.84. The van der Waals surface area contributed by atoms with Crippen LogP contribution in [-0.2, 0) is 11.2 Å². The van der Waals surface area contributed by atoms with E-state index in [1.165, 1.54) is 0 Å². The molecule has 0 heterocycles. The standard InChI is InChI=1S/C19H19NO3/c21-14-20(22)19-11-5-7-16(19)12-15-6-4-10-18(13-15)23-17-8-2-1-3-9-17/h1-10,13-14,16,19,22H,11-12H2/t16-,19+/m0/s1. The number of carbonyl (C=O) groups excluding carboxylic acids is 1. The second-order valence-electron chi connectivity index (χ2n) is 5.65. The van der Waals surface area contributed by atoms with Gasteiger partial charge in [0.25, 0.3) is 0 Å². The van der Waals surface area contributed by atoms with Crippen LogP contribution in [0.4, 0.5) is 0 Å². The van der Waals surface area contributed by atoms with Crippen molar-refractivity contribution in [2.75, 3.05) is 0 Å². The minimum Gasteiger partial charge on any atom is -0.457 e. The molecule has 1 aliphatic rings. The molecule has 2 atom stereocenters. The number of benzene rings is 2. The van der Waals surface area contributed by atoms with Crippen LogP contribution in [0.15, 0.2) is 66.7 Å². The fraction of sp³-hybridized carbons (Fsp3) is 0.211. The van der Waals surface area contributed by atoms with E-state index in [1.807, 2.05) is 60.7 Å². The van der Waals surface area contributed by atoms with Crippen LogP contribution in [0.3, 0.4) is 0 Å². The monoisotopic (exact) mass is 309 g/mol. The quantitative estimate of drug-likeness (QED) is 0.382. The number of hydrogen-bond acceptors (Lipinski definition) is 3. The molecule has 0 bridgehead atoms. The van der Waals surface area contributed by atoms with Gasteiger partial charge in [-0.05, 0) is 42.7 Å². The number of hydrogen-bond donors (Lipinski definition) is 1. The highest BCUT2D eigenvalue weighted by Gasteiger charge is 2.27. The van der Waals surface area contributed by atoms with E-state index in [0.717, 1.165) is 28.5 Å². The zero-order valence-electron chi connectivity index (χ0n) is 12.7. The SMILES string of the molecule is O=CN(O)[C@@H]1CC=C[C@H]1Cc1cccc(Oc2ccccc2)c1. The Kier molecular flexibility index (Phi) is 4.74. The Hall–Kier alpha value is -2.59. The number of nitrogens with zero attached hydrogens (tertiary/aromatic N) is 1. The maximum absolute atomic E-state index is 10.8. The summed E-state index contributed by atoms with van der Waals surface area (Å²) in [6.45, 7) is 0. The second-order valence-corrected chi connectivity index (χ2v) is 5.65. The molecule has 0 fully saturated rings. The van der Waals surface area contributed by atoms with Crippen molar-refractivity contribution in [1.29, 1.82) is 0 Å². The van der Waals surface area contributed by atoms with Crippen LogP contribution in [0, 0.1) is 5.92 Å². The van der Waals surface area contributed by atoms with Crippen LogP contribution >= 0.6 is 0 Å². The molecule has 0 saturated heterocycles. The first kappa shape index (κ1) is 15.3. The molecule has 1 N–H and O–H groups in total. The van der Waals surface area contributed by atoms with Crippen molar-refractivity contribution >= 4 is 6.41 Å². The number of hydroxylamine groups is 2. The van der Waals surface area contributed by atoms with E-state index < -0.39 is 0 Å². The Morgan fingerprint density at radius 1 is 1.13 bits per heavy atom. The third-order valence-corrected chi connectivity index (χ3v) is 4.05. The van der Waals surface area contributed by atoms with Gasteiger partial charge in [-0.15, -0.1) is 0 Å². The summed E-state index contributed by atoms with van der Waals surface area (Å²) in [5.41, 5.74) is 1.11. The normalized spacial score (nSPS) is 19.5. The van der Waals surface area contributed by atoms with Gasteiger partial charge in [0.05, 0.1) is 6.04 Å². The summed E-state index contributed by atoms with van der Waals surface area (Å²) in [7, 11) is 0. The number of carbonyl (C=O) groups is 1. The highest BCUT2D eigenvalue weighted by molar-refractivity contribution is 5.46. The molecular weight excluding hydrogens is 290 g/mol. The zero-order valence-corrected chi connectivity index (χ0v) is 12.7. The van der Waals surface area contributed by atoms with Gasteiger partial charge >= 0.3 is 0 Å². The van der Waals surface area contributed by atoms with E-state index in [0.29, 0.717) is 12.8 Å². The third kappa shape index (κ3) is 3.79. The highest BCUT2D eigenvalue weighted by atomic mass is 16.5. The average molecular weight is 309 g/mol. The van der Waals surface area contributed by atoms with E-state index in [2.05, 4.69) is 6.08 Å². The summed E-state index contributed by atoms with van der Waals surface area (Å²) in [5.74, 6) is 1.69. The molecule has 0 saturated carbocycles. The number of ether oxygens (including phenoxy) is 1. The minimum atomic E-state index is -0.189. The molecule has 0 unspecified atom stereocenters. The fourth-order valence-corrected chi connectivity index (χ4v) is 2.91. The molecule has 0 aliphatic heterocycles. The van der Waals surface area contributed by atoms with E-state index in [1.54, 1.807) is 0 Å². The van der Waals surface area contributed by atoms with E-state index in [-0.39, 0.29) is 12.0 Å². The lowest BCUT2D eigenvalue weighted by Gasteiger charge is -2.24. The van der Waals surface area contributed by atoms with Crippen molar-refractivity contribution in [3.8, 4) is 11.5 Å². The van der Waals surface area contributed by atoms with Crippen LogP contribution in [-0.4, -0.2) is 22.7 Å². The van der Waals surface area contributed by atoms with Crippen LogP contribution in [0.2, 0.25) is 0 Å². The van der Waals surface area contributed by atoms with Crippen LogP contribution < -0.4 is 4.74 Å². The Morgan fingerprint density at radius 3 is 2.70 bits per heavy atom. The molecule has 3 rings (SSSR count). The summed E-state index contributed by atoms with van der Waals surface area (Å²) in [6.07, 6.45) is 5.96. The van der Waals surface area contributed by atoms with Crippen molar-refractivity contribution in [3.63, 3.8) is 0 Å². The van der Waals surface area contributed by atoms with E-state index in [4.69, 9.17) is 4.74 Å². The minimum absolute atomic E-state index is 0.108. The van der Waals surface area contributed by atoms with E-state index in [9.17, 15) is 10.0 Å². The van der Waals surface area contributed by atoms with Crippen molar-refractivity contribution in [2.45, 2.75) is 18.9 Å². The van der Waals surface area contributed by atoms with Crippen molar-refractivity contribution in [3.05, 3.63) is 72.3 Å². The summed E-state index contributed by atoms with van der Waals surface area (Å²) in [5, 5.41) is 10.4. The van der Waals surface area contributed by atoms with Gasteiger partial charge in [0.15, 0.2) is 0 Å². The van der Waals surface area contributed by atoms with Gasteiger partial charge in [-0.2, -0.15) is 0 Å². The largest absolute Gasteiger partial charge is 0.457 e. The number of rotatable bonds is 6. The Labute approximate surface area is 135 Å². The molecule has 2 aromatic rings. The highest BCUT2D eigenvalue weighted by Crippen LogP contribution is 2.28. The maximum atomic E-state index is 10.8. The Bertz CT molecular complexity index is 684. The molecule has 1 aliphatic carbocycles. The first-order valence-corrected chi connectivity index (χ1v) is 7.67. The van der Waals surface area contributed by atoms with Gasteiger partial charge < -0.3 is 4.74 Å². The Morgan fingerprint density at radius 2 is 1.91 bits per heavy atom. The van der Waals surface area contributed by atoms with Gasteiger partial charge in [-0.1, -0.05) is 42.5 Å². The molecule has 0 aromatic heterocycles. The molecule has 0 spiro atoms. The van der Waals surface area contributed by atoms with Gasteiger partial charge in [0.2, 0.25) is 6.41 Å². The van der Waals surface area contributed by atoms with Gasteiger partial charge in [0.1, 0.15) is 11.5 Å². The van der Waals surface area contributed by atoms with Crippen LogP contribution in [0.25, 0.3) is 0 Å². The first-order valence-electron chi connectivity index (χ1n) is 7.67. The first-order chi connectivity index (χ1) is 11.3. The number of para-hydroxylation sites is 1. The molecule has 118 valence electrons. The summed E-state index contributed by atoms with van der Waals surface area (Å²) in [6, 6.07) is 17.4. The maximum Gasteiger partial charge on any atom is 0.233 e. The molecule has 23 heavy (non-hydrogen) atoms. The lowest BCUT2D eigenvalue weighted by atomic mass is 9.95. The topological polar surface area (TPSA) is 49.8 Å². The lowest BCUT2D eigenvalue weighted by Crippen LogP contribution is -2.35. The summed E-state index contributed by atoms with van der Waals surface area (Å²) in [4.78, 5) is 10.8. The molecular formula is C19H19NO3. The lowest BCUT2D eigenvalue weighted by molar-refractivity contribution is -0.162. The van der Waals surface area contributed by atoms with Crippen LogP contribution in [0.1, 0.15) is 12.0 Å². The van der Waals surface area contributed by atoms with Gasteiger partial charge in [0, 0.05) is 5.92 Å². The van der Waals surface area contributed by atoms with Gasteiger partial charge in [-0.25, -0.2) is 5.06 Å². The van der Waals surface area contributed by atoms with Crippen molar-refractivity contribution < 1.29 is 14.7 Å². The predicted molar refractivity (Wildman–Crippen MR) is 87.4 cm³/mol. The molecule has 4 nitrogen and oxygen atoms in total. The Balaban J connectivity index is 1.70. The van der Waals surface area contributed by atoms with Crippen molar-refractivity contribution in [2.24, 2.45) is 5.92 Å². The molecule has 1 amide bonds. The van der Waals surface area contributed by atoms with Gasteiger partial charge in [-0.3, -0.25) is 10.0 Å². The van der Waals surface area contributed by atoms with E-state index >= 15 is 0 Å². The molecule has 2 aromatic carbocycles. The van der Waals surface area contributed by atoms with Crippen LogP contribution in [0.5, 0.6) is 11.5 Å². The molecule has 0 radical (unpaired) electrons. The second kappa shape index (κ2) is 7.11. The number of amides is 1. The summed E-state index contributed by atoms with van der Waals surface area (Å²) >= 11 is 0. The molecule has 4 heteroatoms. The predicted octanol–water partition coefficient (Wildman–Crippen LogP) is 3.81.